The van der Waals surface area contributed by atoms with Crippen molar-refractivity contribution in [2.75, 3.05) is 12.4 Å². The number of Topliss-reactive ketones (excluding diaryl/α,β-unsaturated/α-hetero) is 2. The van der Waals surface area contributed by atoms with Crippen molar-refractivity contribution in [3.8, 4) is 5.75 Å². The lowest BCUT2D eigenvalue weighted by Gasteiger charge is -2.09. The standard InChI is InChI=1S/C26H30FN3O3S/c1-4-30-25(14-11-22(31)16-33-24-12-7-20(8-13-24)18(2)3)28-29-26(30)34-17-23(32)15-19-5-9-21(27)10-6-19/h5-10,12-13,18H,4,11,14-17H2,1-3H3. The Labute approximate surface area is 203 Å². The molecule has 2 aromatic carbocycles. The minimum Gasteiger partial charge on any atom is -0.486 e. The van der Waals surface area contributed by atoms with E-state index in [0.29, 0.717) is 42.0 Å². The largest absolute Gasteiger partial charge is 0.486 e. The van der Waals surface area contributed by atoms with Gasteiger partial charge < -0.3 is 9.30 Å². The summed E-state index contributed by atoms with van der Waals surface area (Å²) in [5.41, 5.74) is 2.00. The zero-order valence-corrected chi connectivity index (χ0v) is 20.6. The summed E-state index contributed by atoms with van der Waals surface area (Å²) in [5, 5.41) is 9.08. The van der Waals surface area contributed by atoms with Crippen LogP contribution in [0.15, 0.2) is 53.7 Å². The van der Waals surface area contributed by atoms with Crippen LogP contribution in [0.4, 0.5) is 4.39 Å². The molecule has 0 atom stereocenters. The molecule has 0 aliphatic rings. The highest BCUT2D eigenvalue weighted by atomic mass is 32.2. The molecular formula is C26H30FN3O3S. The SMILES string of the molecule is CCn1c(CCC(=O)COc2ccc(C(C)C)cc2)nnc1SCC(=O)Cc1ccc(F)cc1. The highest BCUT2D eigenvalue weighted by molar-refractivity contribution is 7.99. The Bertz CT molecular complexity index is 1100. The van der Waals surface area contributed by atoms with Gasteiger partial charge in [0.25, 0.3) is 0 Å². The smallest absolute Gasteiger partial charge is 0.191 e. The molecule has 1 aromatic heterocycles. The first-order valence-corrected chi connectivity index (χ1v) is 12.4. The first kappa shape index (κ1) is 25.6. The number of aryl methyl sites for hydroxylation is 1. The Morgan fingerprint density at radius 3 is 2.38 bits per heavy atom. The molecule has 3 aromatic rings. The van der Waals surface area contributed by atoms with E-state index in [-0.39, 0.29) is 36.2 Å². The molecule has 0 radical (unpaired) electrons. The van der Waals surface area contributed by atoms with Crippen LogP contribution in [0, 0.1) is 5.82 Å². The van der Waals surface area contributed by atoms with Gasteiger partial charge in [-0.3, -0.25) is 9.59 Å². The number of aromatic nitrogens is 3. The lowest BCUT2D eigenvalue weighted by molar-refractivity contribution is -0.121. The third-order valence-electron chi connectivity index (χ3n) is 5.36. The molecule has 34 heavy (non-hydrogen) atoms. The topological polar surface area (TPSA) is 74.1 Å². The van der Waals surface area contributed by atoms with E-state index in [1.165, 1.54) is 29.5 Å². The Kier molecular flexibility index (Phi) is 9.39. The molecular weight excluding hydrogens is 453 g/mol. The van der Waals surface area contributed by atoms with Crippen molar-refractivity contribution in [2.24, 2.45) is 0 Å². The van der Waals surface area contributed by atoms with Crippen LogP contribution in [0.5, 0.6) is 5.75 Å². The van der Waals surface area contributed by atoms with E-state index in [9.17, 15) is 14.0 Å². The van der Waals surface area contributed by atoms with Crippen LogP contribution >= 0.6 is 11.8 Å². The third kappa shape index (κ3) is 7.52. The van der Waals surface area contributed by atoms with Gasteiger partial charge in [0, 0.05) is 25.8 Å². The second-order valence-corrected chi connectivity index (χ2v) is 9.27. The highest BCUT2D eigenvalue weighted by Gasteiger charge is 2.15. The molecule has 8 heteroatoms. The molecule has 180 valence electrons. The van der Waals surface area contributed by atoms with Crippen LogP contribution in [0.3, 0.4) is 0 Å². The molecule has 0 aliphatic heterocycles. The fourth-order valence-electron chi connectivity index (χ4n) is 3.39. The number of rotatable bonds is 13. The van der Waals surface area contributed by atoms with E-state index in [4.69, 9.17) is 4.74 Å². The fraction of sp³-hybridized carbons (Fsp3) is 0.385. The van der Waals surface area contributed by atoms with Gasteiger partial charge in [-0.05, 0) is 48.2 Å². The number of carbonyl (C=O) groups excluding carboxylic acids is 2. The molecule has 0 fully saturated rings. The molecule has 0 bridgehead atoms. The van der Waals surface area contributed by atoms with Crippen LogP contribution < -0.4 is 4.74 Å². The van der Waals surface area contributed by atoms with Crippen LogP contribution in [0.2, 0.25) is 0 Å². The molecule has 0 spiro atoms. The fourth-order valence-corrected chi connectivity index (χ4v) is 4.27. The van der Waals surface area contributed by atoms with Gasteiger partial charge in [0.2, 0.25) is 0 Å². The summed E-state index contributed by atoms with van der Waals surface area (Å²) in [4.78, 5) is 24.6. The van der Waals surface area contributed by atoms with Crippen LogP contribution in [0.25, 0.3) is 0 Å². The maximum atomic E-state index is 13.0. The summed E-state index contributed by atoms with van der Waals surface area (Å²) in [5.74, 6) is 1.78. The zero-order chi connectivity index (χ0) is 24.5. The number of thioether (sulfide) groups is 1. The van der Waals surface area contributed by atoms with Crippen LogP contribution in [-0.2, 0) is 29.0 Å². The monoisotopic (exact) mass is 483 g/mol. The van der Waals surface area contributed by atoms with Gasteiger partial charge in [0.1, 0.15) is 29.8 Å². The highest BCUT2D eigenvalue weighted by Crippen LogP contribution is 2.20. The number of benzene rings is 2. The summed E-state index contributed by atoms with van der Waals surface area (Å²) >= 11 is 1.32. The average Bonchev–Trinajstić information content (AvgIpc) is 3.23. The lowest BCUT2D eigenvalue weighted by atomic mass is 10.0. The molecule has 0 unspecified atom stereocenters. The number of carbonyl (C=O) groups is 2. The summed E-state index contributed by atoms with van der Waals surface area (Å²) in [6.45, 7) is 6.89. The molecule has 0 amide bonds. The van der Waals surface area contributed by atoms with Gasteiger partial charge in [-0.15, -0.1) is 10.2 Å². The van der Waals surface area contributed by atoms with E-state index in [2.05, 4.69) is 24.0 Å². The van der Waals surface area contributed by atoms with Crippen molar-refractivity contribution in [1.82, 2.24) is 14.8 Å². The number of hydrogen-bond donors (Lipinski definition) is 0. The van der Waals surface area contributed by atoms with E-state index < -0.39 is 0 Å². The number of halogens is 1. The molecule has 1 heterocycles. The van der Waals surface area contributed by atoms with Gasteiger partial charge in [-0.25, -0.2) is 4.39 Å². The molecule has 0 aliphatic carbocycles. The number of nitrogens with zero attached hydrogens (tertiary/aromatic N) is 3. The van der Waals surface area contributed by atoms with Crippen molar-refractivity contribution >= 4 is 23.3 Å². The van der Waals surface area contributed by atoms with E-state index in [1.54, 1.807) is 12.1 Å². The van der Waals surface area contributed by atoms with Crippen LogP contribution in [0.1, 0.15) is 50.1 Å². The second kappa shape index (κ2) is 12.5. The molecule has 0 N–H and O–H groups in total. The number of ether oxygens (including phenoxy) is 1. The minimum absolute atomic E-state index is 0.0118. The van der Waals surface area contributed by atoms with Crippen LogP contribution in [-0.4, -0.2) is 38.7 Å². The van der Waals surface area contributed by atoms with Crippen molar-refractivity contribution in [2.45, 2.75) is 57.7 Å². The summed E-state index contributed by atoms with van der Waals surface area (Å²) in [6, 6.07) is 13.7. The minimum atomic E-state index is -0.320. The van der Waals surface area contributed by atoms with Gasteiger partial charge in [-0.2, -0.15) is 0 Å². The summed E-state index contributed by atoms with van der Waals surface area (Å²) < 4.78 is 20.6. The van der Waals surface area contributed by atoms with E-state index >= 15 is 0 Å². The van der Waals surface area contributed by atoms with Gasteiger partial charge in [-0.1, -0.05) is 49.9 Å². The maximum absolute atomic E-state index is 13.0. The molecule has 0 saturated heterocycles. The van der Waals surface area contributed by atoms with Crippen molar-refractivity contribution in [1.29, 1.82) is 0 Å². The normalized spacial score (nSPS) is 11.1. The predicted octanol–water partition coefficient (Wildman–Crippen LogP) is 5.05. The number of hydrogen-bond acceptors (Lipinski definition) is 6. The van der Waals surface area contributed by atoms with Crippen molar-refractivity contribution < 1.29 is 18.7 Å². The first-order valence-electron chi connectivity index (χ1n) is 11.4. The summed E-state index contributed by atoms with van der Waals surface area (Å²) in [6.07, 6.45) is 1.00. The predicted molar refractivity (Wildman–Crippen MR) is 131 cm³/mol. The zero-order valence-electron chi connectivity index (χ0n) is 19.8. The number of ketones is 2. The average molecular weight is 484 g/mol. The van der Waals surface area contributed by atoms with Gasteiger partial charge >= 0.3 is 0 Å². The molecule has 0 saturated carbocycles. The van der Waals surface area contributed by atoms with Gasteiger partial charge in [0.05, 0.1) is 5.75 Å². The molecule has 6 nitrogen and oxygen atoms in total. The lowest BCUT2D eigenvalue weighted by Crippen LogP contribution is -2.14. The van der Waals surface area contributed by atoms with E-state index in [0.717, 1.165) is 5.56 Å². The van der Waals surface area contributed by atoms with E-state index in [1.807, 2.05) is 35.8 Å². The first-order chi connectivity index (χ1) is 16.4. The van der Waals surface area contributed by atoms with Crippen molar-refractivity contribution in [3.63, 3.8) is 0 Å². The van der Waals surface area contributed by atoms with Gasteiger partial charge in [0.15, 0.2) is 10.9 Å². The Morgan fingerprint density at radius 1 is 1.03 bits per heavy atom. The summed E-state index contributed by atoms with van der Waals surface area (Å²) in [7, 11) is 0. The maximum Gasteiger partial charge on any atom is 0.191 e. The second-order valence-electron chi connectivity index (χ2n) is 8.32. The Balaban J connectivity index is 1.46. The molecule has 3 rings (SSSR count). The Hall–Kier alpha value is -3.00. The quantitative estimate of drug-likeness (QED) is 0.317. The third-order valence-corrected chi connectivity index (χ3v) is 6.39. The Morgan fingerprint density at radius 2 is 1.74 bits per heavy atom. The van der Waals surface area contributed by atoms with Crippen molar-refractivity contribution in [3.05, 3.63) is 71.3 Å².